The second kappa shape index (κ2) is 6.99. The molecule has 1 aromatic heterocycles. The largest absolute Gasteiger partial charge is 0.477 e. The van der Waals surface area contributed by atoms with Crippen molar-refractivity contribution in [2.75, 3.05) is 12.0 Å². The molecule has 0 aliphatic rings. The van der Waals surface area contributed by atoms with Gasteiger partial charge in [0.25, 0.3) is 5.91 Å². The number of halogens is 3. The van der Waals surface area contributed by atoms with Crippen LogP contribution in [0.4, 0.5) is 18.9 Å². The van der Waals surface area contributed by atoms with Gasteiger partial charge in [0.2, 0.25) is 5.88 Å². The molecular weight excluding hydrogens is 311 g/mol. The van der Waals surface area contributed by atoms with Crippen LogP contribution in [0.3, 0.4) is 0 Å². The molecule has 0 saturated carbocycles. The highest BCUT2D eigenvalue weighted by molar-refractivity contribution is 5.97. The fourth-order valence-electron chi connectivity index (χ4n) is 1.85. The number of benzene rings is 1. The van der Waals surface area contributed by atoms with Crippen LogP contribution in [0.25, 0.3) is 0 Å². The second-order valence-corrected chi connectivity index (χ2v) is 4.41. The first kappa shape index (κ1) is 16.6. The molecule has 0 aliphatic heterocycles. The minimum absolute atomic E-state index is 0.110. The molecule has 0 unspecified atom stereocenters. The van der Waals surface area contributed by atoms with E-state index in [0.717, 1.165) is 6.07 Å². The van der Waals surface area contributed by atoms with Crippen LogP contribution in [0.5, 0.6) is 5.88 Å². The summed E-state index contributed by atoms with van der Waals surface area (Å²) >= 11 is 0. The minimum Gasteiger partial charge on any atom is -0.477 e. The van der Waals surface area contributed by atoms with Crippen LogP contribution in [0, 0.1) is 0 Å². The first-order valence-corrected chi connectivity index (χ1v) is 6.74. The average molecular weight is 325 g/mol. The molecule has 122 valence electrons. The Labute approximate surface area is 130 Å². The van der Waals surface area contributed by atoms with Crippen molar-refractivity contribution in [3.8, 4) is 5.88 Å². The summed E-state index contributed by atoms with van der Waals surface area (Å²) < 4.78 is 43.8. The third-order valence-corrected chi connectivity index (χ3v) is 2.84. The number of rotatable bonds is 5. The molecular formula is C15H14F3N3O2. The first-order valence-electron chi connectivity index (χ1n) is 6.74. The topological polar surface area (TPSA) is 63.2 Å². The van der Waals surface area contributed by atoms with Crippen molar-refractivity contribution < 1.29 is 22.7 Å². The molecule has 1 amide bonds. The Kier molecular flexibility index (Phi) is 5.05. The highest BCUT2D eigenvalue weighted by Gasteiger charge is 2.33. The lowest BCUT2D eigenvalue weighted by Crippen LogP contribution is -2.31. The number of hydrogen-bond acceptors (Lipinski definition) is 4. The van der Waals surface area contributed by atoms with E-state index in [0.29, 0.717) is 6.61 Å². The molecule has 0 fully saturated rings. The van der Waals surface area contributed by atoms with Crippen LogP contribution in [-0.2, 0) is 6.18 Å². The summed E-state index contributed by atoms with van der Waals surface area (Å²) in [5.74, 6) is -0.545. The number of hydrogen-bond donors (Lipinski definition) is 2. The first-order chi connectivity index (χ1) is 10.9. The Morgan fingerprint density at radius 3 is 2.65 bits per heavy atom. The van der Waals surface area contributed by atoms with Gasteiger partial charge in [-0.1, -0.05) is 12.1 Å². The van der Waals surface area contributed by atoms with Crippen molar-refractivity contribution in [3.05, 3.63) is 53.7 Å². The lowest BCUT2D eigenvalue weighted by Gasteiger charge is -2.15. The summed E-state index contributed by atoms with van der Waals surface area (Å²) in [5, 5.41) is 0. The van der Waals surface area contributed by atoms with E-state index in [-0.39, 0.29) is 17.1 Å². The van der Waals surface area contributed by atoms with E-state index < -0.39 is 17.6 Å². The van der Waals surface area contributed by atoms with Gasteiger partial charge in [-0.15, -0.1) is 0 Å². The van der Waals surface area contributed by atoms with Crippen LogP contribution in [0.1, 0.15) is 22.8 Å². The molecule has 0 atom stereocenters. The molecule has 5 nitrogen and oxygen atoms in total. The lowest BCUT2D eigenvalue weighted by molar-refractivity contribution is -0.137. The van der Waals surface area contributed by atoms with Crippen LogP contribution >= 0.6 is 0 Å². The van der Waals surface area contributed by atoms with Crippen molar-refractivity contribution in [1.29, 1.82) is 0 Å². The van der Waals surface area contributed by atoms with Gasteiger partial charge in [-0.2, -0.15) is 13.2 Å². The molecule has 8 heteroatoms. The Morgan fingerprint density at radius 1 is 1.22 bits per heavy atom. The van der Waals surface area contributed by atoms with Crippen LogP contribution in [-0.4, -0.2) is 17.5 Å². The average Bonchev–Trinajstić information content (AvgIpc) is 2.53. The number of aromatic nitrogens is 1. The third kappa shape index (κ3) is 4.12. The second-order valence-electron chi connectivity index (χ2n) is 4.41. The molecule has 23 heavy (non-hydrogen) atoms. The van der Waals surface area contributed by atoms with Crippen molar-refractivity contribution >= 4 is 11.6 Å². The standard InChI is InChI=1S/C15H14F3N3O2/c1-2-23-14-10(6-5-9-19-14)13(22)21-20-12-8-4-3-7-11(12)15(16,17)18/h3-9,20H,2H2,1H3,(H,21,22). The van der Waals surface area contributed by atoms with Crippen molar-refractivity contribution in [2.24, 2.45) is 0 Å². The van der Waals surface area contributed by atoms with Crippen molar-refractivity contribution in [2.45, 2.75) is 13.1 Å². The fourth-order valence-corrected chi connectivity index (χ4v) is 1.85. The molecule has 2 N–H and O–H groups in total. The highest BCUT2D eigenvalue weighted by Crippen LogP contribution is 2.34. The van der Waals surface area contributed by atoms with Gasteiger partial charge in [0.05, 0.1) is 17.9 Å². The van der Waals surface area contributed by atoms with Crippen molar-refractivity contribution in [1.82, 2.24) is 10.4 Å². The van der Waals surface area contributed by atoms with Crippen LogP contribution < -0.4 is 15.6 Å². The van der Waals surface area contributed by atoms with Gasteiger partial charge >= 0.3 is 6.18 Å². The van der Waals surface area contributed by atoms with Gasteiger partial charge in [0, 0.05) is 6.20 Å². The Morgan fingerprint density at radius 2 is 1.96 bits per heavy atom. The van der Waals surface area contributed by atoms with Gasteiger partial charge in [-0.05, 0) is 31.2 Å². The molecule has 2 aromatic rings. The zero-order valence-electron chi connectivity index (χ0n) is 12.1. The van der Waals surface area contributed by atoms with Gasteiger partial charge in [-0.25, -0.2) is 4.98 Å². The van der Waals surface area contributed by atoms with E-state index in [1.54, 1.807) is 6.92 Å². The summed E-state index contributed by atoms with van der Waals surface area (Å²) in [6, 6.07) is 7.83. The number of nitrogens with zero attached hydrogens (tertiary/aromatic N) is 1. The highest BCUT2D eigenvalue weighted by atomic mass is 19.4. The number of nitrogens with one attached hydrogen (secondary N) is 2. The number of anilines is 1. The quantitative estimate of drug-likeness (QED) is 0.828. The zero-order valence-corrected chi connectivity index (χ0v) is 12.1. The SMILES string of the molecule is CCOc1ncccc1C(=O)NNc1ccccc1C(F)(F)F. The molecule has 0 aliphatic carbocycles. The smallest absolute Gasteiger partial charge is 0.418 e. The maximum atomic E-state index is 12.9. The lowest BCUT2D eigenvalue weighted by atomic mass is 10.2. The number of carbonyl (C=O) groups is 1. The molecule has 1 heterocycles. The van der Waals surface area contributed by atoms with Crippen LogP contribution in [0.2, 0.25) is 0 Å². The number of hydrazine groups is 1. The number of amides is 1. The van der Waals surface area contributed by atoms with Gasteiger partial charge in [-0.3, -0.25) is 15.6 Å². The predicted molar refractivity (Wildman–Crippen MR) is 77.9 cm³/mol. The van der Waals surface area contributed by atoms with Crippen molar-refractivity contribution in [3.63, 3.8) is 0 Å². The van der Waals surface area contributed by atoms with E-state index in [1.807, 2.05) is 0 Å². The Hall–Kier alpha value is -2.77. The number of ether oxygens (including phenoxy) is 1. The summed E-state index contributed by atoms with van der Waals surface area (Å²) in [5.41, 5.74) is 3.49. The maximum Gasteiger partial charge on any atom is 0.418 e. The van der Waals surface area contributed by atoms with Gasteiger partial charge in [0.15, 0.2) is 0 Å². The molecule has 0 saturated heterocycles. The fraction of sp³-hybridized carbons (Fsp3) is 0.200. The number of carbonyl (C=O) groups excluding carboxylic acids is 1. The van der Waals surface area contributed by atoms with E-state index in [2.05, 4.69) is 15.8 Å². The molecule has 1 aromatic carbocycles. The van der Waals surface area contributed by atoms with E-state index in [1.165, 1.54) is 36.5 Å². The summed E-state index contributed by atoms with van der Waals surface area (Å²) in [6.07, 6.45) is -3.08. The summed E-state index contributed by atoms with van der Waals surface area (Å²) in [6.45, 7) is 2.04. The monoisotopic (exact) mass is 325 g/mol. The minimum atomic E-state index is -4.53. The summed E-state index contributed by atoms with van der Waals surface area (Å²) in [7, 11) is 0. The van der Waals surface area contributed by atoms with Crippen LogP contribution in [0.15, 0.2) is 42.6 Å². The number of alkyl halides is 3. The maximum absolute atomic E-state index is 12.9. The van der Waals surface area contributed by atoms with E-state index in [4.69, 9.17) is 4.74 Å². The van der Waals surface area contributed by atoms with E-state index >= 15 is 0 Å². The molecule has 0 bridgehead atoms. The third-order valence-electron chi connectivity index (χ3n) is 2.84. The molecule has 0 spiro atoms. The van der Waals surface area contributed by atoms with Gasteiger partial charge < -0.3 is 4.74 Å². The Bertz CT molecular complexity index is 690. The molecule has 2 rings (SSSR count). The number of para-hydroxylation sites is 1. The zero-order chi connectivity index (χ0) is 16.9. The Balaban J connectivity index is 2.15. The normalized spacial score (nSPS) is 11.0. The van der Waals surface area contributed by atoms with Gasteiger partial charge in [0.1, 0.15) is 5.56 Å². The predicted octanol–water partition coefficient (Wildman–Crippen LogP) is 3.26. The number of pyridine rings is 1. The van der Waals surface area contributed by atoms with E-state index in [9.17, 15) is 18.0 Å². The summed E-state index contributed by atoms with van der Waals surface area (Å²) in [4.78, 5) is 16.0. The molecule has 0 radical (unpaired) electrons.